The van der Waals surface area contributed by atoms with Gasteiger partial charge in [-0.25, -0.2) is 24.1 Å². The van der Waals surface area contributed by atoms with Crippen molar-refractivity contribution >= 4 is 34.5 Å². The molecule has 10 heteroatoms. The van der Waals surface area contributed by atoms with Crippen LogP contribution in [-0.4, -0.2) is 57.2 Å². The Morgan fingerprint density at radius 2 is 2.31 bits per heavy atom. The van der Waals surface area contributed by atoms with E-state index in [0.717, 1.165) is 24.4 Å². The number of likely N-dealkylation sites (tertiary alicyclic amines) is 1. The summed E-state index contributed by atoms with van der Waals surface area (Å²) >= 11 is 6.06. The number of aromatic nitrogens is 4. The Kier molecular flexibility index (Phi) is 6.71. The van der Waals surface area contributed by atoms with Gasteiger partial charge < -0.3 is 19.9 Å². The molecule has 1 aliphatic rings. The number of halogens is 2. The third-order valence-corrected chi connectivity index (χ3v) is 5.47. The van der Waals surface area contributed by atoms with Crippen LogP contribution in [0.1, 0.15) is 19.8 Å². The number of nitrogens with zero attached hydrogens (tertiary/aromatic N) is 4. The summed E-state index contributed by atoms with van der Waals surface area (Å²) in [6.07, 6.45) is 5.79. The molecule has 1 aliphatic heterocycles. The van der Waals surface area contributed by atoms with Crippen LogP contribution >= 0.6 is 11.6 Å². The molecule has 3 aromatic heterocycles. The fraction of sp³-hybridized carbons (Fsp3) is 0.364. The summed E-state index contributed by atoms with van der Waals surface area (Å²) in [6.45, 7) is 3.40. The number of piperidine rings is 1. The molecule has 4 rings (SSSR count). The number of rotatable bonds is 5. The molecule has 0 radical (unpaired) electrons. The number of carbonyl (C=O) groups excluding carboxylic acids is 1. The highest BCUT2D eigenvalue weighted by atomic mass is 35.5. The second-order valence-corrected chi connectivity index (χ2v) is 7.90. The lowest BCUT2D eigenvalue weighted by Gasteiger charge is -2.32. The number of aromatic amines is 1. The van der Waals surface area contributed by atoms with Crippen molar-refractivity contribution in [2.24, 2.45) is 5.92 Å². The monoisotopic (exact) mass is 456 g/mol. The van der Waals surface area contributed by atoms with E-state index in [1.165, 1.54) is 0 Å². The Morgan fingerprint density at radius 1 is 1.44 bits per heavy atom. The largest absolute Gasteiger partial charge is 0.436 e. The molecule has 0 unspecified atom stereocenters. The standard InChI is InChI=1S/C22H22ClFN6O2/c1-2-3-7-32-22(31)30-6-4-5-14(13-30)9-25-21-18(24)12-28-20(29-21)17-11-27-19-16(17)8-15(23)10-26-19/h8,10-12,14H,4-7,9,13H2,1H3,(H,26,27)(H,25,28,29)/t14-/m0/s1. The van der Waals surface area contributed by atoms with Crippen LogP contribution in [0.3, 0.4) is 0 Å². The van der Waals surface area contributed by atoms with E-state index < -0.39 is 5.82 Å². The molecular weight excluding hydrogens is 435 g/mol. The van der Waals surface area contributed by atoms with Crippen molar-refractivity contribution < 1.29 is 13.9 Å². The van der Waals surface area contributed by atoms with E-state index in [0.29, 0.717) is 41.7 Å². The summed E-state index contributed by atoms with van der Waals surface area (Å²) in [5.74, 6) is 5.46. The number of anilines is 1. The molecule has 1 atom stereocenters. The van der Waals surface area contributed by atoms with E-state index in [1.807, 2.05) is 0 Å². The fourth-order valence-electron chi connectivity index (χ4n) is 3.68. The minimum atomic E-state index is -0.546. The van der Waals surface area contributed by atoms with Crippen LogP contribution in [0, 0.1) is 23.6 Å². The molecule has 4 heterocycles. The molecule has 1 amide bonds. The van der Waals surface area contributed by atoms with Gasteiger partial charge in [0.2, 0.25) is 0 Å². The van der Waals surface area contributed by atoms with Crippen molar-refractivity contribution in [3.63, 3.8) is 0 Å². The van der Waals surface area contributed by atoms with E-state index in [-0.39, 0.29) is 24.4 Å². The van der Waals surface area contributed by atoms with Crippen molar-refractivity contribution in [2.45, 2.75) is 19.8 Å². The number of carbonyl (C=O) groups is 1. The zero-order valence-electron chi connectivity index (χ0n) is 17.5. The second kappa shape index (κ2) is 9.83. The normalized spacial score (nSPS) is 15.8. The molecular formula is C22H22ClFN6O2. The second-order valence-electron chi connectivity index (χ2n) is 7.46. The van der Waals surface area contributed by atoms with E-state index >= 15 is 0 Å². The SMILES string of the molecule is CC#CCOC(=O)N1CCC[C@@H](CNc2nc(-c3c[nH]c4ncc(Cl)cc34)ncc2F)C1. The maximum absolute atomic E-state index is 14.4. The highest BCUT2D eigenvalue weighted by Crippen LogP contribution is 2.28. The predicted molar refractivity (Wildman–Crippen MR) is 120 cm³/mol. The maximum atomic E-state index is 14.4. The zero-order chi connectivity index (χ0) is 22.5. The molecule has 2 N–H and O–H groups in total. The average Bonchev–Trinajstić information content (AvgIpc) is 3.22. The highest BCUT2D eigenvalue weighted by molar-refractivity contribution is 6.31. The average molecular weight is 457 g/mol. The van der Waals surface area contributed by atoms with Gasteiger partial charge in [-0.15, -0.1) is 5.92 Å². The summed E-state index contributed by atoms with van der Waals surface area (Å²) in [6, 6.07) is 1.76. The number of ether oxygens (including phenoxy) is 1. The van der Waals surface area contributed by atoms with Gasteiger partial charge in [-0.1, -0.05) is 17.5 Å². The zero-order valence-corrected chi connectivity index (χ0v) is 18.2. The predicted octanol–water partition coefficient (Wildman–Crippen LogP) is 4.10. The van der Waals surface area contributed by atoms with Crippen LogP contribution in [0.25, 0.3) is 22.4 Å². The van der Waals surface area contributed by atoms with Crippen molar-refractivity contribution in [3.8, 4) is 23.2 Å². The quantitative estimate of drug-likeness (QED) is 0.561. The molecule has 32 heavy (non-hydrogen) atoms. The summed E-state index contributed by atoms with van der Waals surface area (Å²) in [5.41, 5.74) is 1.32. The van der Waals surface area contributed by atoms with Gasteiger partial charge in [0.05, 0.1) is 11.2 Å². The minimum absolute atomic E-state index is 0.0816. The first-order valence-corrected chi connectivity index (χ1v) is 10.6. The summed E-state index contributed by atoms with van der Waals surface area (Å²) < 4.78 is 19.5. The molecule has 0 aromatic carbocycles. The van der Waals surface area contributed by atoms with E-state index in [2.05, 4.69) is 37.1 Å². The number of nitrogens with one attached hydrogen (secondary N) is 2. The summed E-state index contributed by atoms with van der Waals surface area (Å²) in [5, 5.41) is 4.32. The lowest BCUT2D eigenvalue weighted by atomic mass is 9.98. The first-order valence-electron chi connectivity index (χ1n) is 10.3. The molecule has 0 spiro atoms. The third kappa shape index (κ3) is 4.92. The molecule has 0 aliphatic carbocycles. The van der Waals surface area contributed by atoms with Crippen molar-refractivity contribution in [1.82, 2.24) is 24.8 Å². The highest BCUT2D eigenvalue weighted by Gasteiger charge is 2.25. The fourth-order valence-corrected chi connectivity index (χ4v) is 3.84. The Bertz CT molecular complexity index is 1190. The molecule has 0 saturated carbocycles. The van der Waals surface area contributed by atoms with E-state index in [9.17, 15) is 9.18 Å². The van der Waals surface area contributed by atoms with Gasteiger partial charge >= 0.3 is 6.09 Å². The van der Waals surface area contributed by atoms with Crippen molar-refractivity contribution in [2.75, 3.05) is 31.6 Å². The molecule has 166 valence electrons. The number of fused-ring (bicyclic) bond motifs is 1. The van der Waals surface area contributed by atoms with Crippen LogP contribution in [0.15, 0.2) is 24.7 Å². The van der Waals surface area contributed by atoms with Gasteiger partial charge in [0.15, 0.2) is 24.1 Å². The first-order chi connectivity index (χ1) is 15.5. The van der Waals surface area contributed by atoms with Gasteiger partial charge in [0, 0.05) is 43.0 Å². The van der Waals surface area contributed by atoms with Crippen molar-refractivity contribution in [3.05, 3.63) is 35.5 Å². The Balaban J connectivity index is 1.44. The Hall–Kier alpha value is -3.38. The van der Waals surface area contributed by atoms with Gasteiger partial charge in [0.25, 0.3) is 0 Å². The van der Waals surface area contributed by atoms with Crippen LogP contribution in [0.5, 0.6) is 0 Å². The Labute approximate surface area is 189 Å². The summed E-state index contributed by atoms with van der Waals surface area (Å²) in [4.78, 5) is 29.6. The van der Waals surface area contributed by atoms with Crippen LogP contribution in [0.4, 0.5) is 15.0 Å². The topological polar surface area (TPSA) is 96.0 Å². The van der Waals surface area contributed by atoms with Crippen LogP contribution in [-0.2, 0) is 4.74 Å². The Morgan fingerprint density at radius 3 is 3.16 bits per heavy atom. The third-order valence-electron chi connectivity index (χ3n) is 5.26. The van der Waals surface area contributed by atoms with Crippen LogP contribution < -0.4 is 5.32 Å². The van der Waals surface area contributed by atoms with Crippen LogP contribution in [0.2, 0.25) is 5.02 Å². The lowest BCUT2D eigenvalue weighted by molar-refractivity contribution is 0.0955. The molecule has 1 fully saturated rings. The van der Waals surface area contributed by atoms with Gasteiger partial charge in [-0.2, -0.15) is 0 Å². The van der Waals surface area contributed by atoms with Gasteiger partial charge in [-0.3, -0.25) is 0 Å². The molecule has 0 bridgehead atoms. The maximum Gasteiger partial charge on any atom is 0.410 e. The van der Waals surface area contributed by atoms with Gasteiger partial charge in [0.1, 0.15) is 5.65 Å². The smallest absolute Gasteiger partial charge is 0.410 e. The van der Waals surface area contributed by atoms with Crippen molar-refractivity contribution in [1.29, 1.82) is 0 Å². The summed E-state index contributed by atoms with van der Waals surface area (Å²) in [7, 11) is 0. The number of H-pyrrole nitrogens is 1. The number of amides is 1. The number of hydrogen-bond acceptors (Lipinski definition) is 6. The number of pyridine rings is 1. The number of hydrogen-bond donors (Lipinski definition) is 2. The van der Waals surface area contributed by atoms with Gasteiger partial charge in [-0.05, 0) is 31.7 Å². The molecule has 8 nitrogen and oxygen atoms in total. The molecule has 1 saturated heterocycles. The van der Waals surface area contributed by atoms with E-state index in [1.54, 1.807) is 30.3 Å². The van der Waals surface area contributed by atoms with E-state index in [4.69, 9.17) is 16.3 Å². The first kappa shape index (κ1) is 21.8. The minimum Gasteiger partial charge on any atom is -0.436 e. The molecule has 3 aromatic rings. The lowest BCUT2D eigenvalue weighted by Crippen LogP contribution is -2.42.